The summed E-state index contributed by atoms with van der Waals surface area (Å²) in [6, 6.07) is 4.86. The molecule has 1 saturated carbocycles. The lowest BCUT2D eigenvalue weighted by atomic mass is 9.95. The van der Waals surface area contributed by atoms with Crippen molar-refractivity contribution < 1.29 is 5.11 Å². The van der Waals surface area contributed by atoms with Gasteiger partial charge >= 0.3 is 0 Å². The number of aryl methyl sites for hydroxylation is 2. The molecule has 0 aliphatic heterocycles. The summed E-state index contributed by atoms with van der Waals surface area (Å²) in [7, 11) is 0. The average Bonchev–Trinajstić information content (AvgIpc) is 2.34. The van der Waals surface area contributed by atoms with Gasteiger partial charge in [-0.2, -0.15) is 0 Å². The van der Waals surface area contributed by atoms with Gasteiger partial charge in [0.25, 0.3) is 0 Å². The zero-order valence-corrected chi connectivity index (χ0v) is 10.9. The molecule has 2 nitrogen and oxygen atoms in total. The first-order valence-corrected chi connectivity index (χ1v) is 6.69. The Kier molecular flexibility index (Phi) is 4.06. The SMILES string of the molecule is Cc1cc(CNC2CCCCC2)cc(C)c1O. The molecule has 0 bridgehead atoms. The summed E-state index contributed by atoms with van der Waals surface area (Å²) >= 11 is 0. The lowest BCUT2D eigenvalue weighted by Gasteiger charge is -2.23. The predicted octanol–water partition coefficient (Wildman–Crippen LogP) is 3.43. The van der Waals surface area contributed by atoms with Crippen molar-refractivity contribution in [3.8, 4) is 5.75 Å². The maximum absolute atomic E-state index is 9.73. The Bertz CT molecular complexity index is 358. The van der Waals surface area contributed by atoms with Crippen LogP contribution in [0.25, 0.3) is 0 Å². The Balaban J connectivity index is 1.94. The van der Waals surface area contributed by atoms with Gasteiger partial charge in [-0.15, -0.1) is 0 Å². The molecule has 17 heavy (non-hydrogen) atoms. The second-order valence-electron chi connectivity index (χ2n) is 5.29. The van der Waals surface area contributed by atoms with Gasteiger partial charge < -0.3 is 10.4 Å². The van der Waals surface area contributed by atoms with E-state index in [-0.39, 0.29) is 0 Å². The molecule has 0 heterocycles. The van der Waals surface area contributed by atoms with Gasteiger partial charge in [0, 0.05) is 12.6 Å². The Morgan fingerprint density at radius 3 is 2.29 bits per heavy atom. The maximum atomic E-state index is 9.73. The first-order valence-electron chi connectivity index (χ1n) is 6.69. The highest BCUT2D eigenvalue weighted by Crippen LogP contribution is 2.23. The predicted molar refractivity (Wildman–Crippen MR) is 71.3 cm³/mol. The smallest absolute Gasteiger partial charge is 0.121 e. The van der Waals surface area contributed by atoms with Gasteiger partial charge in [-0.25, -0.2) is 0 Å². The van der Waals surface area contributed by atoms with Crippen molar-refractivity contribution in [1.29, 1.82) is 0 Å². The van der Waals surface area contributed by atoms with Gasteiger partial charge in [-0.05, 0) is 43.4 Å². The Hall–Kier alpha value is -1.02. The summed E-state index contributed by atoms with van der Waals surface area (Å²) in [5.74, 6) is 0.436. The molecule has 0 saturated heterocycles. The number of phenolic OH excluding ortho intramolecular Hbond substituents is 1. The molecule has 0 atom stereocenters. The molecular weight excluding hydrogens is 210 g/mol. The van der Waals surface area contributed by atoms with Crippen molar-refractivity contribution >= 4 is 0 Å². The van der Waals surface area contributed by atoms with E-state index < -0.39 is 0 Å². The molecule has 1 aromatic carbocycles. The number of rotatable bonds is 3. The zero-order valence-electron chi connectivity index (χ0n) is 10.9. The van der Waals surface area contributed by atoms with Crippen LogP contribution < -0.4 is 5.32 Å². The molecule has 0 radical (unpaired) electrons. The second kappa shape index (κ2) is 5.54. The Labute approximate surface area is 104 Å². The summed E-state index contributed by atoms with van der Waals surface area (Å²) in [5, 5.41) is 13.4. The summed E-state index contributed by atoms with van der Waals surface area (Å²) in [5.41, 5.74) is 3.24. The Morgan fingerprint density at radius 2 is 1.71 bits per heavy atom. The highest BCUT2D eigenvalue weighted by molar-refractivity contribution is 5.42. The van der Waals surface area contributed by atoms with Crippen LogP contribution in [-0.2, 0) is 6.54 Å². The number of benzene rings is 1. The highest BCUT2D eigenvalue weighted by Gasteiger charge is 2.12. The molecule has 0 unspecified atom stereocenters. The number of hydrogen-bond acceptors (Lipinski definition) is 2. The normalized spacial score (nSPS) is 17.3. The van der Waals surface area contributed by atoms with Crippen LogP contribution in [0.3, 0.4) is 0 Å². The molecule has 1 fully saturated rings. The first kappa shape index (κ1) is 12.4. The third-order valence-corrected chi connectivity index (χ3v) is 3.75. The fourth-order valence-corrected chi connectivity index (χ4v) is 2.72. The highest BCUT2D eigenvalue weighted by atomic mass is 16.3. The molecule has 2 N–H and O–H groups in total. The molecule has 1 aromatic rings. The fraction of sp³-hybridized carbons (Fsp3) is 0.600. The summed E-state index contributed by atoms with van der Waals surface area (Å²) in [6.45, 7) is 4.85. The molecule has 0 aromatic heterocycles. The minimum absolute atomic E-state index is 0.436. The minimum atomic E-state index is 0.436. The van der Waals surface area contributed by atoms with Gasteiger partial charge in [0.05, 0.1) is 0 Å². The van der Waals surface area contributed by atoms with Crippen molar-refractivity contribution in [2.75, 3.05) is 0 Å². The van der Waals surface area contributed by atoms with E-state index in [1.807, 2.05) is 13.8 Å². The summed E-state index contributed by atoms with van der Waals surface area (Å²) in [6.07, 6.45) is 6.76. The van der Waals surface area contributed by atoms with Crippen LogP contribution in [0.5, 0.6) is 5.75 Å². The molecule has 1 aliphatic carbocycles. The quantitative estimate of drug-likeness (QED) is 0.838. The third-order valence-electron chi connectivity index (χ3n) is 3.75. The van der Waals surface area contributed by atoms with E-state index in [1.165, 1.54) is 37.7 Å². The van der Waals surface area contributed by atoms with Crippen molar-refractivity contribution in [3.63, 3.8) is 0 Å². The molecule has 2 heteroatoms. The van der Waals surface area contributed by atoms with Gasteiger partial charge in [0.1, 0.15) is 5.75 Å². The van der Waals surface area contributed by atoms with Gasteiger partial charge in [-0.3, -0.25) is 0 Å². The summed E-state index contributed by atoms with van der Waals surface area (Å²) in [4.78, 5) is 0. The van der Waals surface area contributed by atoms with Crippen LogP contribution in [0.1, 0.15) is 48.8 Å². The number of hydrogen-bond donors (Lipinski definition) is 2. The summed E-state index contributed by atoms with van der Waals surface area (Å²) < 4.78 is 0. The van der Waals surface area contributed by atoms with Crippen molar-refractivity contribution in [3.05, 3.63) is 28.8 Å². The lowest BCUT2D eigenvalue weighted by molar-refractivity contribution is 0.372. The monoisotopic (exact) mass is 233 g/mol. The zero-order chi connectivity index (χ0) is 12.3. The van der Waals surface area contributed by atoms with E-state index >= 15 is 0 Å². The molecule has 0 amide bonds. The van der Waals surface area contributed by atoms with Crippen molar-refractivity contribution in [2.24, 2.45) is 0 Å². The fourth-order valence-electron chi connectivity index (χ4n) is 2.72. The van der Waals surface area contributed by atoms with Crippen LogP contribution in [0, 0.1) is 13.8 Å². The van der Waals surface area contributed by atoms with Gasteiger partial charge in [0.2, 0.25) is 0 Å². The van der Waals surface area contributed by atoms with E-state index in [9.17, 15) is 5.11 Å². The minimum Gasteiger partial charge on any atom is -0.507 e. The Morgan fingerprint density at radius 1 is 1.12 bits per heavy atom. The van der Waals surface area contributed by atoms with E-state index in [2.05, 4.69) is 17.4 Å². The van der Waals surface area contributed by atoms with E-state index in [4.69, 9.17) is 0 Å². The topological polar surface area (TPSA) is 32.3 Å². The van der Waals surface area contributed by atoms with Crippen LogP contribution >= 0.6 is 0 Å². The number of aromatic hydroxyl groups is 1. The second-order valence-corrected chi connectivity index (χ2v) is 5.29. The molecule has 1 aliphatic rings. The molecule has 0 spiro atoms. The number of nitrogens with one attached hydrogen (secondary N) is 1. The molecule has 2 rings (SSSR count). The standard InChI is InChI=1S/C15H23NO/c1-11-8-13(9-12(2)15(11)17)10-16-14-6-4-3-5-7-14/h8-9,14,16-17H,3-7,10H2,1-2H3. The largest absolute Gasteiger partial charge is 0.507 e. The first-order chi connectivity index (χ1) is 8.16. The van der Waals surface area contributed by atoms with E-state index in [1.54, 1.807) is 0 Å². The molecular formula is C15H23NO. The average molecular weight is 233 g/mol. The van der Waals surface area contributed by atoms with Crippen LogP contribution in [0.15, 0.2) is 12.1 Å². The van der Waals surface area contributed by atoms with Crippen LogP contribution in [-0.4, -0.2) is 11.1 Å². The van der Waals surface area contributed by atoms with Crippen LogP contribution in [0.2, 0.25) is 0 Å². The lowest BCUT2D eigenvalue weighted by Crippen LogP contribution is -2.30. The van der Waals surface area contributed by atoms with Crippen LogP contribution in [0.4, 0.5) is 0 Å². The number of phenols is 1. The molecule has 94 valence electrons. The maximum Gasteiger partial charge on any atom is 0.121 e. The van der Waals surface area contributed by atoms with Gasteiger partial charge in [-0.1, -0.05) is 31.4 Å². The third kappa shape index (κ3) is 3.22. The van der Waals surface area contributed by atoms with Crippen molar-refractivity contribution in [1.82, 2.24) is 5.32 Å². The van der Waals surface area contributed by atoms with Crippen molar-refractivity contribution in [2.45, 2.75) is 58.5 Å². The van der Waals surface area contributed by atoms with E-state index in [0.29, 0.717) is 11.8 Å². The van der Waals surface area contributed by atoms with E-state index in [0.717, 1.165) is 17.7 Å². The van der Waals surface area contributed by atoms with Gasteiger partial charge in [0.15, 0.2) is 0 Å².